The maximum atomic E-state index is 12.8. The molecule has 0 amide bonds. The molecule has 0 bridgehead atoms. The average molecular weight is 420 g/mol. The van der Waals surface area contributed by atoms with Crippen LogP contribution in [0.4, 0.5) is 5.82 Å². The minimum atomic E-state index is -3.76. The van der Waals surface area contributed by atoms with Gasteiger partial charge in [0.1, 0.15) is 5.82 Å². The van der Waals surface area contributed by atoms with Gasteiger partial charge in [0.15, 0.2) is 18.1 Å². The zero-order valence-corrected chi connectivity index (χ0v) is 17.6. The number of thiazole rings is 1. The van der Waals surface area contributed by atoms with Crippen molar-refractivity contribution in [2.75, 3.05) is 11.3 Å². The van der Waals surface area contributed by atoms with Gasteiger partial charge in [0.25, 0.3) is 10.0 Å². The molecule has 0 unspecified atom stereocenters. The largest absolute Gasteiger partial charge is 0.396 e. The normalized spacial score (nSPS) is 11.6. The Kier molecular flexibility index (Phi) is 6.07. The molecule has 2 N–H and O–H groups in total. The van der Waals surface area contributed by atoms with Gasteiger partial charge >= 0.3 is 0 Å². The standard InChI is InChI=1S/C19H23N4O3S2/c1-13-4-6-17(7-5-13)28(25,26)22-19-16(10-20-15(3)21-19)11-23-12-27-18(8-9-24)14(23)2/h4-7,10,12,24H,8-9,11H2,1-3H3,(H,20,21,22)/q+1. The molecule has 9 heteroatoms. The third-order valence-electron chi connectivity index (χ3n) is 4.38. The summed E-state index contributed by atoms with van der Waals surface area (Å²) in [6.45, 7) is 6.13. The van der Waals surface area contributed by atoms with E-state index in [0.717, 1.165) is 16.1 Å². The summed E-state index contributed by atoms with van der Waals surface area (Å²) in [5, 5.41) is 9.17. The summed E-state index contributed by atoms with van der Waals surface area (Å²) in [7, 11) is -3.76. The van der Waals surface area contributed by atoms with Gasteiger partial charge < -0.3 is 5.11 Å². The van der Waals surface area contributed by atoms with Crippen LogP contribution in [0.5, 0.6) is 0 Å². The van der Waals surface area contributed by atoms with Crippen LogP contribution in [0.2, 0.25) is 0 Å². The van der Waals surface area contributed by atoms with Crippen LogP contribution < -0.4 is 9.29 Å². The monoisotopic (exact) mass is 419 g/mol. The second-order valence-corrected chi connectivity index (χ2v) is 9.16. The van der Waals surface area contributed by atoms with E-state index in [1.807, 2.05) is 23.9 Å². The second kappa shape index (κ2) is 8.34. The molecule has 3 aromatic rings. The number of aliphatic hydroxyl groups excluding tert-OH is 1. The van der Waals surface area contributed by atoms with Crippen molar-refractivity contribution in [1.82, 2.24) is 9.97 Å². The number of aryl methyl sites for hydroxylation is 2. The van der Waals surface area contributed by atoms with Crippen LogP contribution >= 0.6 is 11.3 Å². The topological polar surface area (TPSA) is 96.1 Å². The Hall–Kier alpha value is -2.36. The molecule has 0 spiro atoms. The third-order valence-corrected chi connectivity index (χ3v) is 6.88. The van der Waals surface area contributed by atoms with Crippen LogP contribution in [0.25, 0.3) is 0 Å². The molecular formula is C19H23N4O3S2+. The van der Waals surface area contributed by atoms with Crippen molar-refractivity contribution in [2.24, 2.45) is 0 Å². The predicted octanol–water partition coefficient (Wildman–Crippen LogP) is 2.13. The van der Waals surface area contributed by atoms with Gasteiger partial charge in [-0.05, 0) is 26.0 Å². The van der Waals surface area contributed by atoms with E-state index in [2.05, 4.69) is 14.7 Å². The Labute approximate surface area is 168 Å². The van der Waals surface area contributed by atoms with Crippen LogP contribution in [0.3, 0.4) is 0 Å². The number of nitrogens with zero attached hydrogens (tertiary/aromatic N) is 3. The van der Waals surface area contributed by atoms with Gasteiger partial charge in [-0.2, -0.15) is 4.57 Å². The summed E-state index contributed by atoms with van der Waals surface area (Å²) in [5.41, 5.74) is 4.65. The summed E-state index contributed by atoms with van der Waals surface area (Å²) in [6.07, 6.45) is 2.24. The fourth-order valence-electron chi connectivity index (χ4n) is 2.74. The highest BCUT2D eigenvalue weighted by atomic mass is 32.2. The maximum absolute atomic E-state index is 12.8. The van der Waals surface area contributed by atoms with Crippen LogP contribution in [-0.4, -0.2) is 30.1 Å². The van der Waals surface area contributed by atoms with Gasteiger partial charge in [0, 0.05) is 26.1 Å². The van der Waals surface area contributed by atoms with E-state index < -0.39 is 10.0 Å². The van der Waals surface area contributed by atoms with E-state index in [4.69, 9.17) is 0 Å². The van der Waals surface area contributed by atoms with Gasteiger partial charge in [-0.3, -0.25) is 4.72 Å². The first-order valence-electron chi connectivity index (χ1n) is 8.79. The minimum Gasteiger partial charge on any atom is -0.396 e. The number of hydrogen-bond acceptors (Lipinski definition) is 6. The van der Waals surface area contributed by atoms with Crippen molar-refractivity contribution in [3.8, 4) is 0 Å². The van der Waals surface area contributed by atoms with E-state index in [1.54, 1.807) is 48.7 Å². The highest BCUT2D eigenvalue weighted by Gasteiger charge is 2.21. The molecule has 0 fully saturated rings. The number of anilines is 1. The molecule has 0 aliphatic rings. The van der Waals surface area contributed by atoms with Gasteiger partial charge in [-0.15, -0.1) is 0 Å². The molecule has 2 aromatic heterocycles. The number of benzene rings is 1. The molecule has 7 nitrogen and oxygen atoms in total. The van der Waals surface area contributed by atoms with Crippen LogP contribution in [0, 0.1) is 20.8 Å². The maximum Gasteiger partial charge on any atom is 0.263 e. The molecule has 28 heavy (non-hydrogen) atoms. The molecule has 1 aromatic carbocycles. The van der Waals surface area contributed by atoms with E-state index in [1.165, 1.54) is 0 Å². The van der Waals surface area contributed by atoms with Gasteiger partial charge in [-0.1, -0.05) is 29.0 Å². The molecule has 3 rings (SSSR count). The average Bonchev–Trinajstić information content (AvgIpc) is 2.98. The van der Waals surface area contributed by atoms with Crippen molar-refractivity contribution in [3.05, 3.63) is 63.5 Å². The number of hydrogen-bond donors (Lipinski definition) is 2. The number of aliphatic hydroxyl groups is 1. The minimum absolute atomic E-state index is 0.0938. The first-order valence-corrected chi connectivity index (χ1v) is 11.2. The summed E-state index contributed by atoms with van der Waals surface area (Å²) < 4.78 is 30.2. The summed E-state index contributed by atoms with van der Waals surface area (Å²) in [5.74, 6) is 0.758. The third kappa shape index (κ3) is 4.54. The molecule has 0 radical (unpaired) electrons. The predicted molar refractivity (Wildman–Crippen MR) is 108 cm³/mol. The SMILES string of the molecule is Cc1ccc(S(=O)(=O)Nc2nc(C)ncc2C[n+]2csc(CCO)c2C)cc1. The Morgan fingerprint density at radius 2 is 1.89 bits per heavy atom. The fraction of sp³-hybridized carbons (Fsp3) is 0.316. The lowest BCUT2D eigenvalue weighted by molar-refractivity contribution is -0.689. The van der Waals surface area contributed by atoms with Gasteiger partial charge in [0.2, 0.25) is 5.51 Å². The van der Waals surface area contributed by atoms with Crippen LogP contribution in [0.1, 0.15) is 27.5 Å². The molecule has 0 aliphatic carbocycles. The summed E-state index contributed by atoms with van der Waals surface area (Å²) >= 11 is 1.56. The van der Waals surface area contributed by atoms with Gasteiger partial charge in [-0.25, -0.2) is 18.4 Å². The summed E-state index contributed by atoms with van der Waals surface area (Å²) in [4.78, 5) is 9.83. The van der Waals surface area contributed by atoms with E-state index in [0.29, 0.717) is 24.4 Å². The Balaban J connectivity index is 1.92. The lowest BCUT2D eigenvalue weighted by atomic mass is 10.2. The lowest BCUT2D eigenvalue weighted by Gasteiger charge is -2.11. The molecule has 0 atom stereocenters. The Bertz CT molecular complexity index is 1080. The molecule has 148 valence electrons. The highest BCUT2D eigenvalue weighted by Crippen LogP contribution is 2.19. The molecule has 0 saturated heterocycles. The molecule has 0 saturated carbocycles. The number of rotatable bonds is 7. The second-order valence-electron chi connectivity index (χ2n) is 6.54. The van der Waals surface area contributed by atoms with Gasteiger partial charge in [0.05, 0.1) is 15.3 Å². The lowest BCUT2D eigenvalue weighted by Crippen LogP contribution is -2.36. The van der Waals surface area contributed by atoms with E-state index >= 15 is 0 Å². The van der Waals surface area contributed by atoms with Crippen LogP contribution in [-0.2, 0) is 23.0 Å². The van der Waals surface area contributed by atoms with E-state index in [-0.39, 0.29) is 17.3 Å². The quantitative estimate of drug-likeness (QED) is 0.572. The first-order chi connectivity index (χ1) is 13.3. The van der Waals surface area contributed by atoms with Crippen molar-refractivity contribution >= 4 is 27.2 Å². The Morgan fingerprint density at radius 1 is 1.18 bits per heavy atom. The zero-order chi connectivity index (χ0) is 20.3. The number of sulfonamides is 1. The zero-order valence-electron chi connectivity index (χ0n) is 16.0. The number of nitrogens with one attached hydrogen (secondary N) is 1. The molecule has 2 heterocycles. The van der Waals surface area contributed by atoms with Crippen molar-refractivity contribution in [2.45, 2.75) is 38.6 Å². The van der Waals surface area contributed by atoms with E-state index in [9.17, 15) is 13.5 Å². The highest BCUT2D eigenvalue weighted by molar-refractivity contribution is 7.92. The summed E-state index contributed by atoms with van der Waals surface area (Å²) in [6, 6.07) is 6.66. The first kappa shape index (κ1) is 20.4. The Morgan fingerprint density at radius 3 is 2.57 bits per heavy atom. The van der Waals surface area contributed by atoms with Crippen molar-refractivity contribution in [1.29, 1.82) is 0 Å². The molecule has 0 aliphatic heterocycles. The fourth-order valence-corrected chi connectivity index (χ4v) is 4.76. The molecular weight excluding hydrogens is 396 g/mol. The van der Waals surface area contributed by atoms with Crippen molar-refractivity contribution < 1.29 is 18.1 Å². The smallest absolute Gasteiger partial charge is 0.263 e. The van der Waals surface area contributed by atoms with Crippen LogP contribution in [0.15, 0.2) is 40.9 Å². The number of aromatic nitrogens is 3. The van der Waals surface area contributed by atoms with Crippen molar-refractivity contribution in [3.63, 3.8) is 0 Å².